The van der Waals surface area contributed by atoms with Gasteiger partial charge in [-0.25, -0.2) is 4.39 Å². The SMILES string of the molecule is CN(C)C1CCC2(CC1)CN(C(=O)Cc1ccccc1F)Cc1ccccc1O2. The Morgan fingerprint density at radius 2 is 1.83 bits per heavy atom. The summed E-state index contributed by atoms with van der Waals surface area (Å²) in [6, 6.07) is 15.0. The van der Waals surface area contributed by atoms with E-state index >= 15 is 0 Å². The molecule has 2 aromatic carbocycles. The number of halogens is 1. The quantitative estimate of drug-likeness (QED) is 0.785. The van der Waals surface area contributed by atoms with Crippen molar-refractivity contribution in [2.75, 3.05) is 20.6 Å². The summed E-state index contributed by atoms with van der Waals surface area (Å²) in [5, 5.41) is 0. The minimum atomic E-state index is -0.371. The van der Waals surface area contributed by atoms with E-state index in [4.69, 9.17) is 4.74 Å². The Morgan fingerprint density at radius 3 is 2.55 bits per heavy atom. The van der Waals surface area contributed by atoms with E-state index in [2.05, 4.69) is 19.0 Å². The Kier molecular flexibility index (Phi) is 5.59. The Labute approximate surface area is 172 Å². The van der Waals surface area contributed by atoms with Crippen molar-refractivity contribution in [3.63, 3.8) is 0 Å². The van der Waals surface area contributed by atoms with E-state index in [1.54, 1.807) is 18.2 Å². The number of carbonyl (C=O) groups excluding carboxylic acids is 1. The molecule has 1 amide bonds. The number of ether oxygens (including phenoxy) is 1. The van der Waals surface area contributed by atoms with E-state index in [-0.39, 0.29) is 23.7 Å². The maximum atomic E-state index is 14.1. The molecule has 1 aliphatic heterocycles. The largest absolute Gasteiger partial charge is 0.485 e. The minimum Gasteiger partial charge on any atom is -0.485 e. The zero-order valence-corrected chi connectivity index (χ0v) is 17.2. The molecule has 0 atom stereocenters. The van der Waals surface area contributed by atoms with Crippen LogP contribution in [0.5, 0.6) is 5.75 Å². The van der Waals surface area contributed by atoms with Crippen LogP contribution in [0.1, 0.15) is 36.8 Å². The summed E-state index contributed by atoms with van der Waals surface area (Å²) in [5.41, 5.74) is 1.09. The monoisotopic (exact) mass is 396 g/mol. The van der Waals surface area contributed by atoms with Gasteiger partial charge in [-0.3, -0.25) is 4.79 Å². The first-order chi connectivity index (χ1) is 14.0. The highest BCUT2D eigenvalue weighted by atomic mass is 19.1. The van der Waals surface area contributed by atoms with Crippen molar-refractivity contribution in [1.82, 2.24) is 9.80 Å². The molecule has 1 fully saturated rings. The van der Waals surface area contributed by atoms with E-state index in [0.29, 0.717) is 24.7 Å². The van der Waals surface area contributed by atoms with Gasteiger partial charge in [0.15, 0.2) is 0 Å². The lowest BCUT2D eigenvalue weighted by molar-refractivity contribution is -0.134. The zero-order valence-electron chi connectivity index (χ0n) is 17.2. The first-order valence-corrected chi connectivity index (χ1v) is 10.4. The number of benzene rings is 2. The van der Waals surface area contributed by atoms with Gasteiger partial charge in [-0.05, 0) is 57.5 Å². The third-order valence-corrected chi connectivity index (χ3v) is 6.39. The summed E-state index contributed by atoms with van der Waals surface area (Å²) in [5.74, 6) is 0.495. The van der Waals surface area contributed by atoms with Gasteiger partial charge in [0.25, 0.3) is 0 Å². The molecule has 2 aliphatic rings. The molecule has 0 radical (unpaired) electrons. The number of nitrogens with zero attached hydrogens (tertiary/aromatic N) is 2. The average Bonchev–Trinajstić information content (AvgIpc) is 2.86. The van der Waals surface area contributed by atoms with Gasteiger partial charge < -0.3 is 14.5 Å². The van der Waals surface area contributed by atoms with Crippen LogP contribution in [-0.4, -0.2) is 48.0 Å². The fraction of sp³-hybridized carbons (Fsp3) is 0.458. The second kappa shape index (κ2) is 8.15. The summed E-state index contributed by atoms with van der Waals surface area (Å²) in [4.78, 5) is 17.3. The molecule has 0 bridgehead atoms. The Balaban J connectivity index is 1.59. The van der Waals surface area contributed by atoms with Gasteiger partial charge in [0.2, 0.25) is 5.91 Å². The zero-order chi connectivity index (χ0) is 20.4. The number of amides is 1. The van der Waals surface area contributed by atoms with Gasteiger partial charge in [-0.2, -0.15) is 0 Å². The first kappa shape index (κ1) is 19.9. The molecule has 1 heterocycles. The van der Waals surface area contributed by atoms with Crippen molar-refractivity contribution in [1.29, 1.82) is 0 Å². The molecule has 2 aromatic rings. The lowest BCUT2D eigenvalue weighted by Gasteiger charge is -2.43. The van der Waals surface area contributed by atoms with Gasteiger partial charge in [0.1, 0.15) is 17.2 Å². The van der Waals surface area contributed by atoms with Crippen molar-refractivity contribution in [3.05, 3.63) is 65.5 Å². The standard InChI is InChI=1S/C24H29FN2O2/c1-26(2)20-11-13-24(14-12-20)17-27(16-19-8-4-6-10-22(19)29-24)23(28)15-18-7-3-5-9-21(18)25/h3-10,20H,11-17H2,1-2H3. The van der Waals surface area contributed by atoms with E-state index in [0.717, 1.165) is 37.0 Å². The number of hydrogen-bond donors (Lipinski definition) is 0. The molecule has 5 heteroatoms. The van der Waals surface area contributed by atoms with Crippen LogP contribution in [0.3, 0.4) is 0 Å². The highest BCUT2D eigenvalue weighted by Crippen LogP contribution is 2.39. The maximum Gasteiger partial charge on any atom is 0.227 e. The molecule has 0 N–H and O–H groups in total. The second-order valence-electron chi connectivity index (χ2n) is 8.61. The van der Waals surface area contributed by atoms with E-state index in [9.17, 15) is 9.18 Å². The molecule has 0 unspecified atom stereocenters. The van der Waals surface area contributed by atoms with E-state index in [1.807, 2.05) is 29.2 Å². The molecule has 1 saturated carbocycles. The second-order valence-corrected chi connectivity index (χ2v) is 8.61. The summed E-state index contributed by atoms with van der Waals surface area (Å²) >= 11 is 0. The Hall–Kier alpha value is -2.40. The molecule has 0 aromatic heterocycles. The third kappa shape index (κ3) is 4.30. The molecule has 0 saturated heterocycles. The summed E-state index contributed by atoms with van der Waals surface area (Å²) in [7, 11) is 4.24. The Morgan fingerprint density at radius 1 is 1.14 bits per heavy atom. The van der Waals surface area contributed by atoms with Gasteiger partial charge >= 0.3 is 0 Å². The van der Waals surface area contributed by atoms with E-state index < -0.39 is 0 Å². The molecule has 4 nitrogen and oxygen atoms in total. The predicted molar refractivity (Wildman–Crippen MR) is 111 cm³/mol. The molecule has 29 heavy (non-hydrogen) atoms. The molecule has 4 rings (SSSR count). The van der Waals surface area contributed by atoms with Crippen molar-refractivity contribution in [3.8, 4) is 5.75 Å². The van der Waals surface area contributed by atoms with Gasteiger partial charge in [0.05, 0.1) is 13.0 Å². The third-order valence-electron chi connectivity index (χ3n) is 6.39. The smallest absolute Gasteiger partial charge is 0.227 e. The lowest BCUT2D eigenvalue weighted by atomic mass is 9.81. The molecular weight excluding hydrogens is 367 g/mol. The van der Waals surface area contributed by atoms with Crippen molar-refractivity contribution in [2.45, 2.75) is 50.3 Å². The highest BCUT2D eigenvalue weighted by molar-refractivity contribution is 5.79. The summed E-state index contributed by atoms with van der Waals surface area (Å²) < 4.78 is 20.7. The van der Waals surface area contributed by atoms with Crippen molar-refractivity contribution >= 4 is 5.91 Å². The van der Waals surface area contributed by atoms with Crippen LogP contribution in [0.4, 0.5) is 4.39 Å². The average molecular weight is 397 g/mol. The van der Waals surface area contributed by atoms with Crippen LogP contribution in [0, 0.1) is 5.82 Å². The summed E-state index contributed by atoms with van der Waals surface area (Å²) in [6.07, 6.45) is 3.99. The molecule has 1 spiro atoms. The van der Waals surface area contributed by atoms with Crippen LogP contribution in [0.2, 0.25) is 0 Å². The topological polar surface area (TPSA) is 32.8 Å². The van der Waals surface area contributed by atoms with Crippen LogP contribution in [-0.2, 0) is 17.8 Å². The maximum absolute atomic E-state index is 14.1. The molecule has 154 valence electrons. The first-order valence-electron chi connectivity index (χ1n) is 10.4. The van der Waals surface area contributed by atoms with Crippen LogP contribution >= 0.6 is 0 Å². The van der Waals surface area contributed by atoms with Gasteiger partial charge in [0, 0.05) is 18.2 Å². The van der Waals surface area contributed by atoms with Crippen molar-refractivity contribution in [2.24, 2.45) is 0 Å². The van der Waals surface area contributed by atoms with Crippen LogP contribution in [0.25, 0.3) is 0 Å². The number of hydrogen-bond acceptors (Lipinski definition) is 3. The number of para-hydroxylation sites is 1. The molecule has 1 aliphatic carbocycles. The van der Waals surface area contributed by atoms with Crippen LogP contribution in [0.15, 0.2) is 48.5 Å². The number of rotatable bonds is 3. The van der Waals surface area contributed by atoms with E-state index in [1.165, 1.54) is 6.07 Å². The van der Waals surface area contributed by atoms with Crippen LogP contribution < -0.4 is 4.74 Å². The Bertz CT molecular complexity index is 875. The summed E-state index contributed by atoms with van der Waals surface area (Å²) in [6.45, 7) is 1.05. The predicted octanol–water partition coefficient (Wildman–Crippen LogP) is 4.03. The van der Waals surface area contributed by atoms with Gasteiger partial charge in [-0.1, -0.05) is 36.4 Å². The van der Waals surface area contributed by atoms with Gasteiger partial charge in [-0.15, -0.1) is 0 Å². The normalized spacial score (nSPS) is 24.1. The fourth-order valence-corrected chi connectivity index (χ4v) is 4.61. The fourth-order valence-electron chi connectivity index (χ4n) is 4.61. The lowest BCUT2D eigenvalue weighted by Crippen LogP contribution is -2.52. The van der Waals surface area contributed by atoms with Crippen molar-refractivity contribution < 1.29 is 13.9 Å². The minimum absolute atomic E-state index is 0.0514. The highest BCUT2D eigenvalue weighted by Gasteiger charge is 2.42. The number of fused-ring (bicyclic) bond motifs is 1. The number of carbonyl (C=O) groups is 1. The molecular formula is C24H29FN2O2.